The van der Waals surface area contributed by atoms with Gasteiger partial charge in [-0.1, -0.05) is 12.8 Å². The van der Waals surface area contributed by atoms with Gasteiger partial charge in [0.15, 0.2) is 0 Å². The largest absolute Gasteiger partial charge is 0.481 e. The molecule has 1 aliphatic heterocycles. The van der Waals surface area contributed by atoms with Gasteiger partial charge in [-0.2, -0.15) is 0 Å². The van der Waals surface area contributed by atoms with Crippen LogP contribution in [0.4, 0.5) is 0 Å². The lowest BCUT2D eigenvalue weighted by atomic mass is 9.78. The summed E-state index contributed by atoms with van der Waals surface area (Å²) in [6, 6.07) is 0. The van der Waals surface area contributed by atoms with E-state index in [0.29, 0.717) is 19.4 Å². The van der Waals surface area contributed by atoms with Crippen LogP contribution in [0.15, 0.2) is 0 Å². The summed E-state index contributed by atoms with van der Waals surface area (Å²) in [6.45, 7) is 1.28. The maximum Gasteiger partial charge on any atom is 0.307 e. The van der Waals surface area contributed by atoms with Gasteiger partial charge in [0.2, 0.25) is 5.91 Å². The Bertz CT molecular complexity index is 312. The number of carbonyl (C=O) groups excluding carboxylic acids is 1. The van der Waals surface area contributed by atoms with Crippen molar-refractivity contribution in [1.29, 1.82) is 0 Å². The lowest BCUT2D eigenvalue weighted by Gasteiger charge is -2.27. The van der Waals surface area contributed by atoms with Gasteiger partial charge >= 0.3 is 5.97 Å². The molecule has 0 bridgehead atoms. The highest BCUT2D eigenvalue weighted by atomic mass is 16.5. The van der Waals surface area contributed by atoms with Gasteiger partial charge < -0.3 is 15.2 Å². The number of rotatable bonds is 4. The van der Waals surface area contributed by atoms with Crippen molar-refractivity contribution in [3.63, 3.8) is 0 Å². The number of aliphatic carboxylic acids is 1. The molecule has 3 atom stereocenters. The third-order valence-corrected chi connectivity index (χ3v) is 3.95. The first-order valence-electron chi connectivity index (χ1n) is 6.80. The van der Waals surface area contributed by atoms with Crippen molar-refractivity contribution in [1.82, 2.24) is 5.32 Å². The molecule has 5 heteroatoms. The molecule has 1 heterocycles. The number of hydrogen-bond donors (Lipinski definition) is 2. The van der Waals surface area contributed by atoms with Gasteiger partial charge in [-0.05, 0) is 25.7 Å². The lowest BCUT2D eigenvalue weighted by Crippen LogP contribution is -2.42. The van der Waals surface area contributed by atoms with Gasteiger partial charge in [-0.15, -0.1) is 0 Å². The van der Waals surface area contributed by atoms with Crippen molar-refractivity contribution in [2.24, 2.45) is 11.8 Å². The molecule has 0 radical (unpaired) electrons. The Morgan fingerprint density at radius 3 is 2.44 bits per heavy atom. The third-order valence-electron chi connectivity index (χ3n) is 3.95. The average molecular weight is 255 g/mol. The lowest BCUT2D eigenvalue weighted by molar-refractivity contribution is -0.149. The van der Waals surface area contributed by atoms with Crippen molar-refractivity contribution in [3.05, 3.63) is 0 Å². The number of nitrogens with one attached hydrogen (secondary N) is 1. The van der Waals surface area contributed by atoms with E-state index in [-0.39, 0.29) is 17.9 Å². The molecule has 2 fully saturated rings. The van der Waals surface area contributed by atoms with Crippen LogP contribution in [-0.4, -0.2) is 36.2 Å². The van der Waals surface area contributed by atoms with E-state index in [9.17, 15) is 9.59 Å². The van der Waals surface area contributed by atoms with Crippen LogP contribution in [0.1, 0.15) is 38.5 Å². The van der Waals surface area contributed by atoms with Crippen LogP contribution in [0.2, 0.25) is 0 Å². The zero-order valence-corrected chi connectivity index (χ0v) is 10.6. The van der Waals surface area contributed by atoms with Crippen molar-refractivity contribution in [2.45, 2.75) is 44.6 Å². The average Bonchev–Trinajstić information content (AvgIpc) is 2.89. The fraction of sp³-hybridized carbons (Fsp3) is 0.846. The number of hydrogen-bond acceptors (Lipinski definition) is 3. The number of carboxylic acid groups (broad SMARTS) is 1. The number of carbonyl (C=O) groups is 2. The summed E-state index contributed by atoms with van der Waals surface area (Å²) in [5, 5.41) is 12.0. The predicted octanol–water partition coefficient (Wildman–Crippen LogP) is 1.17. The molecule has 0 unspecified atom stereocenters. The Kier molecular flexibility index (Phi) is 4.58. The summed E-state index contributed by atoms with van der Waals surface area (Å²) < 4.78 is 5.43. The molecule has 0 aromatic carbocycles. The van der Waals surface area contributed by atoms with E-state index >= 15 is 0 Å². The van der Waals surface area contributed by atoms with Crippen molar-refractivity contribution >= 4 is 11.9 Å². The van der Waals surface area contributed by atoms with Gasteiger partial charge in [0.05, 0.1) is 17.9 Å². The van der Waals surface area contributed by atoms with E-state index in [0.717, 1.165) is 32.3 Å². The van der Waals surface area contributed by atoms with Crippen LogP contribution in [0, 0.1) is 11.8 Å². The van der Waals surface area contributed by atoms with Crippen LogP contribution in [0.5, 0.6) is 0 Å². The summed E-state index contributed by atoms with van der Waals surface area (Å²) in [4.78, 5) is 23.2. The SMILES string of the molecule is O=C(O)[C@H]1CCCC[C@H]1C(=O)NC[C@@H]1CCCO1. The normalized spacial score (nSPS) is 32.1. The highest BCUT2D eigenvalue weighted by Gasteiger charge is 2.35. The molecule has 0 spiro atoms. The molecule has 1 amide bonds. The summed E-state index contributed by atoms with van der Waals surface area (Å²) in [7, 11) is 0. The Morgan fingerprint density at radius 1 is 1.11 bits per heavy atom. The molecule has 0 aromatic rings. The monoisotopic (exact) mass is 255 g/mol. The van der Waals surface area contributed by atoms with Crippen LogP contribution >= 0.6 is 0 Å². The molecule has 0 aromatic heterocycles. The van der Waals surface area contributed by atoms with Gasteiger partial charge in [-0.25, -0.2) is 0 Å². The zero-order valence-electron chi connectivity index (χ0n) is 10.6. The molecule has 1 saturated carbocycles. The molecule has 2 N–H and O–H groups in total. The summed E-state index contributed by atoms with van der Waals surface area (Å²) in [6.07, 6.45) is 5.30. The van der Waals surface area contributed by atoms with E-state index in [2.05, 4.69) is 5.32 Å². The molecule has 18 heavy (non-hydrogen) atoms. The minimum absolute atomic E-state index is 0.112. The maximum atomic E-state index is 12.0. The van der Waals surface area contributed by atoms with Gasteiger partial charge in [0, 0.05) is 13.2 Å². The summed E-state index contributed by atoms with van der Waals surface area (Å²) in [5.74, 6) is -1.83. The first kappa shape index (κ1) is 13.3. The standard InChI is InChI=1S/C13H21NO4/c15-12(14-8-9-4-3-7-18-9)10-5-1-2-6-11(10)13(16)17/h9-11H,1-8H2,(H,14,15)(H,16,17)/t9-,10+,11-/m0/s1. The first-order valence-corrected chi connectivity index (χ1v) is 6.80. The number of carboxylic acids is 1. The number of ether oxygens (including phenoxy) is 1. The van der Waals surface area contributed by atoms with Crippen molar-refractivity contribution < 1.29 is 19.4 Å². The zero-order chi connectivity index (χ0) is 13.0. The molecular weight excluding hydrogens is 234 g/mol. The second-order valence-corrected chi connectivity index (χ2v) is 5.22. The fourth-order valence-electron chi connectivity index (χ4n) is 2.89. The fourth-order valence-corrected chi connectivity index (χ4v) is 2.89. The van der Waals surface area contributed by atoms with Gasteiger partial charge in [0.25, 0.3) is 0 Å². The van der Waals surface area contributed by atoms with Crippen molar-refractivity contribution in [2.75, 3.05) is 13.2 Å². The van der Waals surface area contributed by atoms with Crippen LogP contribution < -0.4 is 5.32 Å². The second kappa shape index (κ2) is 6.18. The van der Waals surface area contributed by atoms with E-state index in [1.165, 1.54) is 0 Å². The highest BCUT2D eigenvalue weighted by Crippen LogP contribution is 2.30. The Morgan fingerprint density at radius 2 is 1.83 bits per heavy atom. The molecule has 2 aliphatic rings. The smallest absolute Gasteiger partial charge is 0.307 e. The van der Waals surface area contributed by atoms with Crippen LogP contribution in [0.25, 0.3) is 0 Å². The highest BCUT2D eigenvalue weighted by molar-refractivity contribution is 5.84. The van der Waals surface area contributed by atoms with Crippen LogP contribution in [-0.2, 0) is 14.3 Å². The Labute approximate surface area is 107 Å². The topological polar surface area (TPSA) is 75.6 Å². The summed E-state index contributed by atoms with van der Waals surface area (Å²) >= 11 is 0. The predicted molar refractivity (Wildman–Crippen MR) is 65.1 cm³/mol. The Hall–Kier alpha value is -1.10. The summed E-state index contributed by atoms with van der Waals surface area (Å²) in [5.41, 5.74) is 0. The second-order valence-electron chi connectivity index (χ2n) is 5.22. The quantitative estimate of drug-likeness (QED) is 0.790. The van der Waals surface area contributed by atoms with E-state index in [1.54, 1.807) is 0 Å². The minimum atomic E-state index is -0.841. The molecule has 5 nitrogen and oxygen atoms in total. The first-order chi connectivity index (χ1) is 8.68. The van der Waals surface area contributed by atoms with Gasteiger partial charge in [0.1, 0.15) is 0 Å². The minimum Gasteiger partial charge on any atom is -0.481 e. The molecule has 2 rings (SSSR count). The molecule has 102 valence electrons. The van der Waals surface area contributed by atoms with E-state index in [1.807, 2.05) is 0 Å². The van der Waals surface area contributed by atoms with E-state index in [4.69, 9.17) is 9.84 Å². The molecule has 1 aliphatic carbocycles. The van der Waals surface area contributed by atoms with Gasteiger partial charge in [-0.3, -0.25) is 9.59 Å². The molecule has 1 saturated heterocycles. The molecular formula is C13H21NO4. The Balaban J connectivity index is 1.83. The number of amides is 1. The van der Waals surface area contributed by atoms with E-state index < -0.39 is 11.9 Å². The third kappa shape index (κ3) is 3.22. The van der Waals surface area contributed by atoms with Crippen molar-refractivity contribution in [3.8, 4) is 0 Å². The maximum absolute atomic E-state index is 12.0. The van der Waals surface area contributed by atoms with Crippen LogP contribution in [0.3, 0.4) is 0 Å².